The van der Waals surface area contributed by atoms with Crippen molar-refractivity contribution in [1.29, 1.82) is 0 Å². The van der Waals surface area contributed by atoms with Crippen LogP contribution >= 0.6 is 23.2 Å². The molecule has 3 aromatic rings. The molecule has 0 atom stereocenters. The maximum absolute atomic E-state index is 5.99. The first kappa shape index (κ1) is 16.7. The molecule has 0 saturated carbocycles. The van der Waals surface area contributed by atoms with Crippen LogP contribution in [0.1, 0.15) is 11.1 Å². The molecule has 4 heteroatoms. The number of ether oxygens (including phenoxy) is 1. The first-order chi connectivity index (χ1) is 11.7. The van der Waals surface area contributed by atoms with Crippen molar-refractivity contribution < 1.29 is 4.74 Å². The lowest BCUT2D eigenvalue weighted by Crippen LogP contribution is -2.00. The highest BCUT2D eigenvalue weighted by atomic mass is 35.5. The van der Waals surface area contributed by atoms with Crippen LogP contribution in [-0.2, 0) is 13.2 Å². The van der Waals surface area contributed by atoms with Gasteiger partial charge in [0, 0.05) is 22.3 Å². The van der Waals surface area contributed by atoms with Crippen LogP contribution in [0, 0.1) is 0 Å². The van der Waals surface area contributed by atoms with Crippen LogP contribution < -0.4 is 10.1 Å². The van der Waals surface area contributed by atoms with E-state index in [0.29, 0.717) is 6.61 Å². The van der Waals surface area contributed by atoms with Gasteiger partial charge in [-0.3, -0.25) is 0 Å². The summed E-state index contributed by atoms with van der Waals surface area (Å²) in [6, 6.07) is 23.4. The number of anilines is 1. The Bertz CT molecular complexity index is 803. The van der Waals surface area contributed by atoms with Crippen LogP contribution in [0.5, 0.6) is 5.75 Å². The minimum atomic E-state index is 0.495. The second-order valence-corrected chi connectivity index (χ2v) is 6.30. The molecule has 3 rings (SSSR count). The van der Waals surface area contributed by atoms with E-state index in [-0.39, 0.29) is 0 Å². The lowest BCUT2D eigenvalue weighted by molar-refractivity contribution is 0.306. The summed E-state index contributed by atoms with van der Waals surface area (Å²) >= 11 is 11.9. The molecule has 0 unspecified atom stereocenters. The molecule has 24 heavy (non-hydrogen) atoms. The van der Waals surface area contributed by atoms with Gasteiger partial charge in [0.25, 0.3) is 0 Å². The van der Waals surface area contributed by atoms with Gasteiger partial charge in [0.15, 0.2) is 0 Å². The fraction of sp³-hybridized carbons (Fsp3) is 0.100. The quantitative estimate of drug-likeness (QED) is 0.568. The Kier molecular flexibility index (Phi) is 5.63. The maximum Gasteiger partial charge on any atom is 0.120 e. The Morgan fingerprint density at radius 3 is 2.29 bits per heavy atom. The Morgan fingerprint density at radius 2 is 1.50 bits per heavy atom. The molecule has 3 aromatic carbocycles. The molecule has 0 amide bonds. The van der Waals surface area contributed by atoms with Crippen molar-refractivity contribution in [2.24, 2.45) is 0 Å². The Balaban J connectivity index is 1.58. The van der Waals surface area contributed by atoms with Gasteiger partial charge in [-0.1, -0.05) is 47.5 Å². The number of benzene rings is 3. The van der Waals surface area contributed by atoms with E-state index in [1.54, 1.807) is 0 Å². The molecule has 0 heterocycles. The summed E-state index contributed by atoms with van der Waals surface area (Å²) in [4.78, 5) is 0. The number of halogens is 2. The van der Waals surface area contributed by atoms with E-state index in [9.17, 15) is 0 Å². The largest absolute Gasteiger partial charge is 0.489 e. The number of hydrogen-bond acceptors (Lipinski definition) is 2. The Labute approximate surface area is 152 Å². The first-order valence-corrected chi connectivity index (χ1v) is 8.40. The summed E-state index contributed by atoms with van der Waals surface area (Å²) < 4.78 is 5.85. The highest BCUT2D eigenvalue weighted by Crippen LogP contribution is 2.19. The van der Waals surface area contributed by atoms with Crippen molar-refractivity contribution in [2.45, 2.75) is 13.2 Å². The van der Waals surface area contributed by atoms with Crippen LogP contribution in [0.4, 0.5) is 5.69 Å². The van der Waals surface area contributed by atoms with Gasteiger partial charge < -0.3 is 10.1 Å². The van der Waals surface area contributed by atoms with E-state index in [1.165, 1.54) is 0 Å². The van der Waals surface area contributed by atoms with E-state index < -0.39 is 0 Å². The molecule has 0 fully saturated rings. The molecule has 0 aromatic heterocycles. The van der Waals surface area contributed by atoms with Gasteiger partial charge in [0.1, 0.15) is 12.4 Å². The molecule has 1 N–H and O–H groups in total. The predicted molar refractivity (Wildman–Crippen MR) is 101 cm³/mol. The second-order valence-electron chi connectivity index (χ2n) is 5.43. The lowest BCUT2D eigenvalue weighted by atomic mass is 10.2. The van der Waals surface area contributed by atoms with Crippen molar-refractivity contribution in [1.82, 2.24) is 0 Å². The monoisotopic (exact) mass is 357 g/mol. The Morgan fingerprint density at radius 1 is 0.750 bits per heavy atom. The van der Waals surface area contributed by atoms with Crippen molar-refractivity contribution >= 4 is 28.9 Å². The van der Waals surface area contributed by atoms with E-state index in [1.807, 2.05) is 66.7 Å². The van der Waals surface area contributed by atoms with E-state index in [0.717, 1.165) is 39.2 Å². The molecule has 0 saturated heterocycles. The third-order valence-electron chi connectivity index (χ3n) is 3.53. The molecule has 2 nitrogen and oxygen atoms in total. The van der Waals surface area contributed by atoms with Gasteiger partial charge >= 0.3 is 0 Å². The molecule has 0 radical (unpaired) electrons. The molecular weight excluding hydrogens is 341 g/mol. The van der Waals surface area contributed by atoms with Crippen LogP contribution in [0.2, 0.25) is 10.0 Å². The van der Waals surface area contributed by atoms with Crippen LogP contribution in [0.3, 0.4) is 0 Å². The summed E-state index contributed by atoms with van der Waals surface area (Å²) in [6.07, 6.45) is 0. The highest BCUT2D eigenvalue weighted by molar-refractivity contribution is 6.30. The molecule has 0 spiro atoms. The molecule has 0 bridgehead atoms. The minimum Gasteiger partial charge on any atom is -0.489 e. The topological polar surface area (TPSA) is 21.3 Å². The summed E-state index contributed by atoms with van der Waals surface area (Å²) in [5.41, 5.74) is 3.23. The fourth-order valence-corrected chi connectivity index (χ4v) is 2.65. The summed E-state index contributed by atoms with van der Waals surface area (Å²) in [5.74, 6) is 0.838. The molecule has 0 aliphatic heterocycles. The van der Waals surface area contributed by atoms with Crippen LogP contribution in [-0.4, -0.2) is 0 Å². The zero-order chi connectivity index (χ0) is 16.8. The van der Waals surface area contributed by atoms with Crippen LogP contribution in [0.15, 0.2) is 72.8 Å². The van der Waals surface area contributed by atoms with Gasteiger partial charge in [0.2, 0.25) is 0 Å². The summed E-state index contributed by atoms with van der Waals surface area (Å²) in [7, 11) is 0. The predicted octanol–water partition coefficient (Wildman–Crippen LogP) is 6.18. The van der Waals surface area contributed by atoms with Gasteiger partial charge in [-0.05, 0) is 59.7 Å². The van der Waals surface area contributed by atoms with E-state index in [2.05, 4.69) is 11.4 Å². The van der Waals surface area contributed by atoms with Crippen LogP contribution in [0.25, 0.3) is 0 Å². The third kappa shape index (κ3) is 4.92. The van der Waals surface area contributed by atoms with Crippen molar-refractivity contribution in [3.63, 3.8) is 0 Å². The zero-order valence-corrected chi connectivity index (χ0v) is 14.5. The van der Waals surface area contributed by atoms with E-state index in [4.69, 9.17) is 27.9 Å². The molecule has 122 valence electrons. The van der Waals surface area contributed by atoms with E-state index >= 15 is 0 Å². The number of hydrogen-bond donors (Lipinski definition) is 1. The minimum absolute atomic E-state index is 0.495. The number of nitrogens with one attached hydrogen (secondary N) is 1. The van der Waals surface area contributed by atoms with Crippen molar-refractivity contribution in [3.05, 3.63) is 94.0 Å². The molecule has 0 aliphatic rings. The Hall–Kier alpha value is -2.16. The second kappa shape index (κ2) is 8.09. The fourth-order valence-electron chi connectivity index (χ4n) is 2.31. The summed E-state index contributed by atoms with van der Waals surface area (Å²) in [5, 5.41) is 4.82. The normalized spacial score (nSPS) is 10.4. The molecular formula is C20H17Cl2NO. The van der Waals surface area contributed by atoms with Gasteiger partial charge in [-0.2, -0.15) is 0 Å². The van der Waals surface area contributed by atoms with Gasteiger partial charge in [0.05, 0.1) is 0 Å². The lowest BCUT2D eigenvalue weighted by Gasteiger charge is -2.10. The molecule has 0 aliphatic carbocycles. The number of rotatable bonds is 6. The SMILES string of the molecule is Clc1ccc(NCc2cccc(OCc3cccc(Cl)c3)c2)cc1. The standard InChI is InChI=1S/C20H17Cl2NO/c21-17-7-9-19(10-8-17)23-13-15-3-2-6-20(12-15)24-14-16-4-1-5-18(22)11-16/h1-12,23H,13-14H2. The van der Waals surface area contributed by atoms with Gasteiger partial charge in [-0.15, -0.1) is 0 Å². The summed E-state index contributed by atoms with van der Waals surface area (Å²) in [6.45, 7) is 1.21. The van der Waals surface area contributed by atoms with Crippen molar-refractivity contribution in [3.8, 4) is 5.75 Å². The smallest absolute Gasteiger partial charge is 0.120 e. The maximum atomic E-state index is 5.99. The van der Waals surface area contributed by atoms with Crippen molar-refractivity contribution in [2.75, 3.05) is 5.32 Å². The zero-order valence-electron chi connectivity index (χ0n) is 13.0. The highest BCUT2D eigenvalue weighted by Gasteiger charge is 2.00. The van der Waals surface area contributed by atoms with Gasteiger partial charge in [-0.25, -0.2) is 0 Å². The average Bonchev–Trinajstić information content (AvgIpc) is 2.60. The third-order valence-corrected chi connectivity index (χ3v) is 4.02. The first-order valence-electron chi connectivity index (χ1n) is 7.65. The average molecular weight is 358 g/mol.